The highest BCUT2D eigenvalue weighted by atomic mass is 31.2. The third-order valence-corrected chi connectivity index (χ3v) is 3.02. The van der Waals surface area contributed by atoms with Gasteiger partial charge in [-0.2, -0.15) is 0 Å². The minimum Gasteiger partial charge on any atom is -0.396 e. The van der Waals surface area contributed by atoms with Crippen molar-refractivity contribution >= 4 is 17.2 Å². The summed E-state index contributed by atoms with van der Waals surface area (Å²) in [5, 5.41) is 28.1. The van der Waals surface area contributed by atoms with E-state index >= 15 is 0 Å². The van der Waals surface area contributed by atoms with Crippen molar-refractivity contribution < 1.29 is 58.9 Å². The molecule has 0 aliphatic rings. The summed E-state index contributed by atoms with van der Waals surface area (Å²) in [5.41, 5.74) is -1.16. The molecule has 0 radical (unpaired) electrons. The van der Waals surface area contributed by atoms with Gasteiger partial charge in [-0.25, -0.2) is 0 Å². The van der Waals surface area contributed by atoms with Gasteiger partial charge in [-0.05, 0) is 13.8 Å². The topological polar surface area (TPSA) is 210 Å². The van der Waals surface area contributed by atoms with Crippen LogP contribution in [0.3, 0.4) is 0 Å². The molecule has 0 aliphatic heterocycles. The second-order valence-electron chi connectivity index (χ2n) is 4.67. The molecule has 0 aromatic rings. The number of aliphatic hydroxyl groups excluding tert-OH is 3. The smallest absolute Gasteiger partial charge is 0.324 e. The lowest BCUT2D eigenvalue weighted by molar-refractivity contribution is -0.227. The monoisotopic (exact) mass is 416 g/mol. The van der Waals surface area contributed by atoms with E-state index in [9.17, 15) is 15.3 Å². The molecule has 0 aromatic heterocycles. The summed E-state index contributed by atoms with van der Waals surface area (Å²) in [6, 6.07) is 0. The molecule has 0 heterocycles. The number of methoxy groups -OCH3 is 2. The molecule has 14 heteroatoms. The van der Waals surface area contributed by atoms with E-state index in [1.54, 1.807) is 13.8 Å². The number of rotatable bonds is 9. The molecule has 0 saturated carbocycles. The highest BCUT2D eigenvalue weighted by molar-refractivity contribution is 7.38. The van der Waals surface area contributed by atoms with Crippen molar-refractivity contribution in [3.05, 3.63) is 0 Å². The van der Waals surface area contributed by atoms with Crippen LogP contribution in [0.15, 0.2) is 0 Å². The van der Waals surface area contributed by atoms with Crippen molar-refractivity contribution in [2.45, 2.75) is 32.3 Å². The van der Waals surface area contributed by atoms with E-state index in [4.69, 9.17) is 43.6 Å². The molecule has 0 aromatic carbocycles. The maximum absolute atomic E-state index is 9.38. The molecule has 0 saturated heterocycles. The normalized spacial score (nSPS) is 15.0. The van der Waals surface area contributed by atoms with Crippen molar-refractivity contribution in [1.29, 1.82) is 0 Å². The molecule has 12 nitrogen and oxygen atoms in total. The lowest BCUT2D eigenvalue weighted by atomic mass is 9.81. The predicted molar refractivity (Wildman–Crippen MR) is 88.7 cm³/mol. The fourth-order valence-corrected chi connectivity index (χ4v) is 1.56. The second kappa shape index (κ2) is 17.8. The van der Waals surface area contributed by atoms with Gasteiger partial charge in [0.1, 0.15) is 0 Å². The van der Waals surface area contributed by atoms with E-state index < -0.39 is 60.9 Å². The van der Waals surface area contributed by atoms with Crippen LogP contribution in [0.2, 0.25) is 0 Å². The van der Waals surface area contributed by atoms with Crippen molar-refractivity contribution in [2.75, 3.05) is 34.0 Å². The van der Waals surface area contributed by atoms with Gasteiger partial charge in [0, 0.05) is 14.2 Å². The van der Waals surface area contributed by atoms with Crippen LogP contribution >= 0.6 is 17.2 Å². The summed E-state index contributed by atoms with van der Waals surface area (Å²) in [5.74, 6) is 0. The first-order valence-electron chi connectivity index (χ1n) is 6.75. The van der Waals surface area contributed by atoms with Crippen LogP contribution in [0.5, 0.6) is 0 Å². The molecule has 3 unspecified atom stereocenters. The molecule has 0 aliphatic carbocycles. The maximum Gasteiger partial charge on any atom is 0.324 e. The molecular formula is C11H30O12P2. The molecule has 156 valence electrons. The van der Waals surface area contributed by atoms with Gasteiger partial charge in [0.05, 0.1) is 37.4 Å². The third-order valence-electron chi connectivity index (χ3n) is 3.02. The lowest BCUT2D eigenvalue weighted by Gasteiger charge is -2.39. The first kappa shape index (κ1) is 30.1. The van der Waals surface area contributed by atoms with E-state index in [-0.39, 0.29) is 0 Å². The molecule has 9 N–H and O–H groups in total. The quantitative estimate of drug-likeness (QED) is 0.144. The van der Waals surface area contributed by atoms with Gasteiger partial charge in [-0.1, -0.05) is 0 Å². The van der Waals surface area contributed by atoms with Gasteiger partial charge in [0.2, 0.25) is 0 Å². The average Bonchev–Trinajstić information content (AvgIpc) is 2.53. The molecule has 0 amide bonds. The van der Waals surface area contributed by atoms with Crippen molar-refractivity contribution in [1.82, 2.24) is 0 Å². The maximum atomic E-state index is 9.38. The SMILES string of the molecule is COC(C)OC(C(C)OC)C(CO)(CO)CO.OP(O)O.OP(O)O. The third kappa shape index (κ3) is 16.3. The number of hydrogen-bond acceptors (Lipinski definition) is 12. The zero-order valence-corrected chi connectivity index (χ0v) is 16.3. The van der Waals surface area contributed by atoms with Gasteiger partial charge >= 0.3 is 17.2 Å². The van der Waals surface area contributed by atoms with E-state index in [0.29, 0.717) is 0 Å². The number of aliphatic hydroxyl groups is 3. The predicted octanol–water partition coefficient (Wildman–Crippen LogP) is -2.26. The van der Waals surface area contributed by atoms with Crippen LogP contribution in [-0.2, 0) is 14.2 Å². The minimum atomic E-state index is -2.62. The summed E-state index contributed by atoms with van der Waals surface area (Å²) >= 11 is 0. The van der Waals surface area contributed by atoms with Gasteiger partial charge < -0.3 is 58.9 Å². The molecule has 0 rings (SSSR count). The highest BCUT2D eigenvalue weighted by Crippen LogP contribution is 2.28. The Bertz CT molecular complexity index is 260. The van der Waals surface area contributed by atoms with E-state index in [1.807, 2.05) is 0 Å². The lowest BCUT2D eigenvalue weighted by Crippen LogP contribution is -2.53. The average molecular weight is 416 g/mol. The molecule has 0 fully saturated rings. The van der Waals surface area contributed by atoms with Crippen LogP contribution < -0.4 is 0 Å². The van der Waals surface area contributed by atoms with Crippen molar-refractivity contribution in [2.24, 2.45) is 5.41 Å². The molecule has 0 spiro atoms. The number of hydrogen-bond donors (Lipinski definition) is 9. The zero-order chi connectivity index (χ0) is 20.6. The van der Waals surface area contributed by atoms with Crippen LogP contribution in [0.25, 0.3) is 0 Å². The minimum absolute atomic E-state index is 0.404. The Morgan fingerprint density at radius 3 is 1.28 bits per heavy atom. The Balaban J connectivity index is -0.000000503. The summed E-state index contributed by atoms with van der Waals surface area (Å²) in [6.07, 6.45) is -1.61. The molecule has 25 heavy (non-hydrogen) atoms. The van der Waals surface area contributed by atoms with Crippen LogP contribution in [0.1, 0.15) is 13.8 Å². The van der Waals surface area contributed by atoms with Crippen LogP contribution in [0, 0.1) is 5.41 Å². The fourth-order valence-electron chi connectivity index (χ4n) is 1.56. The van der Waals surface area contributed by atoms with Crippen molar-refractivity contribution in [3.8, 4) is 0 Å². The van der Waals surface area contributed by atoms with Crippen LogP contribution in [-0.4, -0.2) is 97.2 Å². The highest BCUT2D eigenvalue weighted by Gasteiger charge is 2.43. The summed E-state index contributed by atoms with van der Waals surface area (Å²) in [6.45, 7) is 2.20. The molecular weight excluding hydrogens is 386 g/mol. The van der Waals surface area contributed by atoms with E-state index in [1.165, 1.54) is 14.2 Å². The zero-order valence-electron chi connectivity index (χ0n) is 14.5. The van der Waals surface area contributed by atoms with Gasteiger partial charge in [-0.15, -0.1) is 0 Å². The Morgan fingerprint density at radius 2 is 1.08 bits per heavy atom. The first-order valence-corrected chi connectivity index (χ1v) is 9.15. The Hall–Kier alpha value is 0.380. The Morgan fingerprint density at radius 1 is 0.760 bits per heavy atom. The molecule has 0 bridgehead atoms. The number of ether oxygens (including phenoxy) is 3. The Kier molecular flexibility index (Phi) is 21.4. The first-order chi connectivity index (χ1) is 11.5. The second-order valence-corrected chi connectivity index (χ2v) is 5.75. The summed E-state index contributed by atoms with van der Waals surface area (Å²) < 4.78 is 15.7. The van der Waals surface area contributed by atoms with Gasteiger partial charge in [0.25, 0.3) is 0 Å². The molecule has 3 atom stereocenters. The van der Waals surface area contributed by atoms with Gasteiger partial charge in [-0.3, -0.25) is 0 Å². The largest absolute Gasteiger partial charge is 0.396 e. The van der Waals surface area contributed by atoms with Gasteiger partial charge in [0.15, 0.2) is 6.29 Å². The standard InChI is InChI=1S/C11H24O6.2H3O3P/c1-8(15-3)10(17-9(2)16-4)11(5-12,6-13)7-14;2*1-4(2)3/h8-10,12-14H,5-7H2,1-4H3;2*1-3H. The Labute approximate surface area is 148 Å². The van der Waals surface area contributed by atoms with E-state index in [0.717, 1.165) is 0 Å². The summed E-state index contributed by atoms with van der Waals surface area (Å²) in [7, 11) is -2.26. The fraction of sp³-hybridized carbons (Fsp3) is 1.00. The van der Waals surface area contributed by atoms with Crippen LogP contribution in [0.4, 0.5) is 0 Å². The van der Waals surface area contributed by atoms with E-state index in [2.05, 4.69) is 0 Å². The summed E-state index contributed by atoms with van der Waals surface area (Å²) in [4.78, 5) is 43.4. The van der Waals surface area contributed by atoms with Crippen molar-refractivity contribution in [3.63, 3.8) is 0 Å².